The molecule has 0 aromatic carbocycles. The van der Waals surface area contributed by atoms with Gasteiger partial charge in [0.15, 0.2) is 0 Å². The molecule has 2 saturated carbocycles. The van der Waals surface area contributed by atoms with E-state index in [4.69, 9.17) is 11.6 Å². The molecule has 2 aliphatic carbocycles. The largest absolute Gasteiger partial charge is 0.291 e. The fourth-order valence-corrected chi connectivity index (χ4v) is 4.41. The molecule has 5 heteroatoms. The number of hydrazine groups is 1. The number of carbonyl (C=O) groups is 1. The Morgan fingerprint density at radius 1 is 1.17 bits per heavy atom. The molecule has 4 nitrogen and oxygen atoms in total. The van der Waals surface area contributed by atoms with Crippen LogP contribution in [0.4, 0.5) is 0 Å². The fourth-order valence-electron chi connectivity index (χ4n) is 4.14. The number of amides is 1. The Kier molecular flexibility index (Phi) is 6.50. The first kappa shape index (κ1) is 17.7. The third-order valence-electron chi connectivity index (χ3n) is 5.64. The molecule has 2 fully saturated rings. The molecule has 0 spiro atoms. The SMILES string of the molecule is O=C(NNCCC1CCC(c2ncccc2Cl)CC1)C1CCCC1. The summed E-state index contributed by atoms with van der Waals surface area (Å²) < 4.78 is 0. The van der Waals surface area contributed by atoms with Gasteiger partial charge in [0.2, 0.25) is 5.91 Å². The third kappa shape index (κ3) is 4.70. The molecular weight excluding hydrogens is 322 g/mol. The van der Waals surface area contributed by atoms with Crippen molar-refractivity contribution in [2.24, 2.45) is 11.8 Å². The van der Waals surface area contributed by atoms with Crippen molar-refractivity contribution < 1.29 is 4.79 Å². The van der Waals surface area contributed by atoms with E-state index in [1.54, 1.807) is 0 Å². The minimum absolute atomic E-state index is 0.181. The van der Waals surface area contributed by atoms with E-state index in [1.807, 2.05) is 18.3 Å². The molecule has 0 unspecified atom stereocenters. The maximum atomic E-state index is 11.9. The van der Waals surface area contributed by atoms with Crippen LogP contribution >= 0.6 is 11.6 Å². The quantitative estimate of drug-likeness (QED) is 0.597. The van der Waals surface area contributed by atoms with Crippen LogP contribution in [0, 0.1) is 11.8 Å². The number of hydrogen-bond donors (Lipinski definition) is 2. The standard InChI is InChI=1S/C19H28ClN3O/c20-17-6-3-12-21-18(17)15-9-7-14(8-10-15)11-13-22-23-19(24)16-4-1-2-5-16/h3,6,12,14-16,22H,1-2,4-5,7-11,13H2,(H,23,24). The highest BCUT2D eigenvalue weighted by molar-refractivity contribution is 6.31. The zero-order valence-electron chi connectivity index (χ0n) is 14.3. The Hall–Kier alpha value is -1.13. The summed E-state index contributed by atoms with van der Waals surface area (Å²) in [6, 6.07) is 3.83. The lowest BCUT2D eigenvalue weighted by atomic mass is 9.79. The second-order valence-electron chi connectivity index (χ2n) is 7.27. The van der Waals surface area contributed by atoms with Crippen LogP contribution < -0.4 is 10.9 Å². The van der Waals surface area contributed by atoms with Gasteiger partial charge < -0.3 is 0 Å². The Bertz CT molecular complexity index is 537. The van der Waals surface area contributed by atoms with Crippen molar-refractivity contribution in [2.45, 2.75) is 63.7 Å². The predicted molar refractivity (Wildman–Crippen MR) is 96.7 cm³/mol. The Morgan fingerprint density at radius 3 is 2.62 bits per heavy atom. The van der Waals surface area contributed by atoms with E-state index in [9.17, 15) is 4.79 Å². The molecule has 2 aliphatic rings. The lowest BCUT2D eigenvalue weighted by molar-refractivity contribution is -0.125. The molecule has 0 atom stereocenters. The van der Waals surface area contributed by atoms with Gasteiger partial charge in [0.05, 0.1) is 10.7 Å². The monoisotopic (exact) mass is 349 g/mol. The third-order valence-corrected chi connectivity index (χ3v) is 5.96. The van der Waals surface area contributed by atoms with Gasteiger partial charge >= 0.3 is 0 Å². The van der Waals surface area contributed by atoms with E-state index < -0.39 is 0 Å². The number of pyridine rings is 1. The maximum Gasteiger partial charge on any atom is 0.237 e. The minimum Gasteiger partial charge on any atom is -0.291 e. The van der Waals surface area contributed by atoms with Gasteiger partial charge in [-0.25, -0.2) is 5.43 Å². The van der Waals surface area contributed by atoms with Gasteiger partial charge in [-0.2, -0.15) is 0 Å². The van der Waals surface area contributed by atoms with Crippen molar-refractivity contribution in [2.75, 3.05) is 6.54 Å². The molecule has 0 aliphatic heterocycles. The highest BCUT2D eigenvalue weighted by Crippen LogP contribution is 2.38. The average molecular weight is 350 g/mol. The van der Waals surface area contributed by atoms with Crippen LogP contribution in [0.5, 0.6) is 0 Å². The van der Waals surface area contributed by atoms with Gasteiger partial charge in [-0.3, -0.25) is 15.2 Å². The molecule has 1 heterocycles. The van der Waals surface area contributed by atoms with Crippen molar-refractivity contribution in [1.82, 2.24) is 15.8 Å². The summed E-state index contributed by atoms with van der Waals surface area (Å²) in [6.45, 7) is 0.859. The van der Waals surface area contributed by atoms with Crippen LogP contribution in [-0.4, -0.2) is 17.4 Å². The van der Waals surface area contributed by atoms with Crippen LogP contribution in [0.15, 0.2) is 18.3 Å². The summed E-state index contributed by atoms with van der Waals surface area (Å²) in [6.07, 6.45) is 12.2. The number of nitrogens with one attached hydrogen (secondary N) is 2. The molecule has 2 N–H and O–H groups in total. The Labute approximate surface area is 149 Å². The first-order valence-corrected chi connectivity index (χ1v) is 9.75. The smallest absolute Gasteiger partial charge is 0.237 e. The van der Waals surface area contributed by atoms with Crippen molar-refractivity contribution in [3.63, 3.8) is 0 Å². The first-order chi connectivity index (χ1) is 11.7. The maximum absolute atomic E-state index is 11.9. The molecule has 0 radical (unpaired) electrons. The summed E-state index contributed by atoms with van der Waals surface area (Å²) in [5.41, 5.74) is 7.09. The molecular formula is C19H28ClN3O. The second-order valence-corrected chi connectivity index (χ2v) is 7.68. The Balaban J connectivity index is 1.32. The van der Waals surface area contributed by atoms with Crippen LogP contribution in [0.25, 0.3) is 0 Å². The van der Waals surface area contributed by atoms with E-state index in [2.05, 4.69) is 15.8 Å². The lowest BCUT2D eigenvalue weighted by Crippen LogP contribution is -2.41. The number of halogens is 1. The van der Waals surface area contributed by atoms with Crippen molar-refractivity contribution in [1.29, 1.82) is 0 Å². The summed E-state index contributed by atoms with van der Waals surface area (Å²) in [5.74, 6) is 1.65. The van der Waals surface area contributed by atoms with Crippen LogP contribution in [0.2, 0.25) is 5.02 Å². The van der Waals surface area contributed by atoms with E-state index >= 15 is 0 Å². The topological polar surface area (TPSA) is 54.0 Å². The van der Waals surface area contributed by atoms with Gasteiger partial charge in [0.1, 0.15) is 0 Å². The van der Waals surface area contributed by atoms with Crippen molar-refractivity contribution in [3.8, 4) is 0 Å². The molecule has 0 saturated heterocycles. The average Bonchev–Trinajstić information content (AvgIpc) is 3.14. The summed E-state index contributed by atoms with van der Waals surface area (Å²) >= 11 is 6.27. The van der Waals surface area contributed by atoms with E-state index in [1.165, 1.54) is 25.7 Å². The Morgan fingerprint density at radius 2 is 1.92 bits per heavy atom. The van der Waals surface area contributed by atoms with Gasteiger partial charge in [-0.15, -0.1) is 0 Å². The predicted octanol–water partition coefficient (Wildman–Crippen LogP) is 4.21. The van der Waals surface area contributed by atoms with Gasteiger partial charge in [-0.05, 0) is 63.0 Å². The molecule has 1 aromatic heterocycles. The van der Waals surface area contributed by atoms with E-state index in [0.29, 0.717) is 5.92 Å². The second kappa shape index (κ2) is 8.82. The number of nitrogens with zero attached hydrogens (tertiary/aromatic N) is 1. The van der Waals surface area contributed by atoms with Crippen molar-refractivity contribution in [3.05, 3.63) is 29.0 Å². The summed E-state index contributed by atoms with van der Waals surface area (Å²) in [5, 5.41) is 0.803. The number of carbonyl (C=O) groups excluding carboxylic acids is 1. The summed E-state index contributed by atoms with van der Waals surface area (Å²) in [7, 11) is 0. The van der Waals surface area contributed by atoms with Crippen LogP contribution in [0.1, 0.15) is 69.4 Å². The molecule has 3 rings (SSSR count). The molecule has 1 aromatic rings. The van der Waals surface area contributed by atoms with Crippen LogP contribution in [0.3, 0.4) is 0 Å². The number of aromatic nitrogens is 1. The fraction of sp³-hybridized carbons (Fsp3) is 0.684. The van der Waals surface area contributed by atoms with E-state index in [-0.39, 0.29) is 11.8 Å². The first-order valence-electron chi connectivity index (χ1n) is 9.37. The zero-order chi connectivity index (χ0) is 16.8. The van der Waals surface area contributed by atoms with Gasteiger partial charge in [0, 0.05) is 24.6 Å². The van der Waals surface area contributed by atoms with Gasteiger partial charge in [-0.1, -0.05) is 24.4 Å². The van der Waals surface area contributed by atoms with Gasteiger partial charge in [0.25, 0.3) is 0 Å². The highest BCUT2D eigenvalue weighted by atomic mass is 35.5. The highest BCUT2D eigenvalue weighted by Gasteiger charge is 2.25. The summed E-state index contributed by atoms with van der Waals surface area (Å²) in [4.78, 5) is 16.4. The van der Waals surface area contributed by atoms with Crippen LogP contribution in [-0.2, 0) is 4.79 Å². The van der Waals surface area contributed by atoms with E-state index in [0.717, 1.165) is 55.3 Å². The number of rotatable bonds is 6. The molecule has 132 valence electrons. The normalized spacial score (nSPS) is 24.9. The minimum atomic E-state index is 0.181. The lowest BCUT2D eigenvalue weighted by Gasteiger charge is -2.28. The molecule has 1 amide bonds. The number of hydrogen-bond acceptors (Lipinski definition) is 3. The molecule has 24 heavy (non-hydrogen) atoms. The zero-order valence-corrected chi connectivity index (χ0v) is 15.0. The van der Waals surface area contributed by atoms with Crippen molar-refractivity contribution >= 4 is 17.5 Å². The molecule has 0 bridgehead atoms.